The molecule has 1 rings (SSSR count). The fraction of sp³-hybridized carbons (Fsp3) is 0.579. The van der Waals surface area contributed by atoms with Crippen molar-refractivity contribution in [2.24, 2.45) is 10.7 Å². The van der Waals surface area contributed by atoms with Crippen molar-refractivity contribution in [3.05, 3.63) is 24.3 Å². The summed E-state index contributed by atoms with van der Waals surface area (Å²) in [6, 6.07) is 7.34. The van der Waals surface area contributed by atoms with Gasteiger partial charge in [0, 0.05) is 6.54 Å². The van der Waals surface area contributed by atoms with Crippen LogP contribution in [-0.2, 0) is 4.74 Å². The summed E-state index contributed by atoms with van der Waals surface area (Å²) in [5, 5.41) is 5.82. The van der Waals surface area contributed by atoms with Gasteiger partial charge in [-0.2, -0.15) is 0 Å². The fourth-order valence-corrected chi connectivity index (χ4v) is 2.28. The number of aliphatic imine (C=N–C) groups is 1. The summed E-state index contributed by atoms with van der Waals surface area (Å²) in [7, 11) is 1.60. The molecular weight excluding hydrogens is 332 g/mol. The lowest BCUT2D eigenvalue weighted by atomic mass is 10.1. The molecule has 0 fully saturated rings. The van der Waals surface area contributed by atoms with Crippen molar-refractivity contribution < 1.29 is 14.3 Å². The number of rotatable bonds is 8. The Hall–Kier alpha value is -2.44. The number of methoxy groups -OCH3 is 1. The van der Waals surface area contributed by atoms with E-state index in [-0.39, 0.29) is 12.0 Å². The molecule has 1 amide bonds. The van der Waals surface area contributed by atoms with E-state index in [0.29, 0.717) is 12.3 Å². The van der Waals surface area contributed by atoms with Crippen molar-refractivity contribution in [1.82, 2.24) is 5.32 Å². The Kier molecular flexibility index (Phi) is 8.75. The standard InChI is InChI=1S/C19H32N4O3/c1-6-7-10-14(13-21-18(24)26-19(2,3)4)22-17(20)23-15-11-8-9-12-16(15)25-5/h8-9,11-12,14H,6-7,10,13H2,1-5H3,(H,21,24)(H3,20,22,23). The summed E-state index contributed by atoms with van der Waals surface area (Å²) in [5.41, 5.74) is 6.26. The van der Waals surface area contributed by atoms with E-state index in [4.69, 9.17) is 15.2 Å². The molecule has 1 unspecified atom stereocenters. The number of carbonyl (C=O) groups is 1. The molecule has 7 heteroatoms. The van der Waals surface area contributed by atoms with Crippen LogP contribution >= 0.6 is 0 Å². The highest BCUT2D eigenvalue weighted by atomic mass is 16.6. The lowest BCUT2D eigenvalue weighted by Crippen LogP contribution is -2.37. The molecule has 4 N–H and O–H groups in total. The first-order valence-electron chi connectivity index (χ1n) is 8.95. The number of amides is 1. The van der Waals surface area contributed by atoms with E-state index in [9.17, 15) is 4.79 Å². The molecule has 0 saturated heterocycles. The van der Waals surface area contributed by atoms with Crippen LogP contribution in [0.3, 0.4) is 0 Å². The zero-order chi connectivity index (χ0) is 19.6. The number of nitrogens with two attached hydrogens (primary N) is 1. The number of guanidine groups is 1. The van der Waals surface area contributed by atoms with Gasteiger partial charge in [0.1, 0.15) is 11.4 Å². The third-order valence-corrected chi connectivity index (χ3v) is 3.46. The predicted molar refractivity (Wildman–Crippen MR) is 106 cm³/mol. The number of hydrogen-bond donors (Lipinski definition) is 3. The maximum absolute atomic E-state index is 11.9. The molecule has 0 aliphatic rings. The third-order valence-electron chi connectivity index (χ3n) is 3.46. The minimum Gasteiger partial charge on any atom is -0.495 e. The maximum atomic E-state index is 11.9. The van der Waals surface area contributed by atoms with Crippen molar-refractivity contribution in [2.45, 2.75) is 58.6 Å². The number of unbranched alkanes of at least 4 members (excludes halogenated alkanes) is 1. The van der Waals surface area contributed by atoms with Gasteiger partial charge in [0.05, 0.1) is 18.8 Å². The van der Waals surface area contributed by atoms with Gasteiger partial charge in [-0.3, -0.25) is 0 Å². The van der Waals surface area contributed by atoms with E-state index in [1.807, 2.05) is 45.0 Å². The second-order valence-corrected chi connectivity index (χ2v) is 7.02. The Balaban J connectivity index is 2.72. The zero-order valence-electron chi connectivity index (χ0n) is 16.5. The molecule has 0 aliphatic heterocycles. The Morgan fingerprint density at radius 1 is 1.31 bits per heavy atom. The number of benzene rings is 1. The van der Waals surface area contributed by atoms with E-state index in [1.54, 1.807) is 7.11 Å². The summed E-state index contributed by atoms with van der Waals surface area (Å²) in [6.07, 6.45) is 2.40. The summed E-state index contributed by atoms with van der Waals surface area (Å²) in [6.45, 7) is 7.96. The Morgan fingerprint density at radius 2 is 2.00 bits per heavy atom. The first-order valence-corrected chi connectivity index (χ1v) is 8.95. The highest BCUT2D eigenvalue weighted by molar-refractivity contribution is 5.93. The molecule has 1 atom stereocenters. The highest BCUT2D eigenvalue weighted by Gasteiger charge is 2.17. The topological polar surface area (TPSA) is 98.0 Å². The van der Waals surface area contributed by atoms with Crippen molar-refractivity contribution in [3.8, 4) is 5.75 Å². The molecule has 0 aliphatic carbocycles. The van der Waals surface area contributed by atoms with Crippen LogP contribution in [0.25, 0.3) is 0 Å². The van der Waals surface area contributed by atoms with Crippen LogP contribution in [0.4, 0.5) is 10.5 Å². The molecule has 0 saturated carbocycles. The smallest absolute Gasteiger partial charge is 0.407 e. The zero-order valence-corrected chi connectivity index (χ0v) is 16.5. The number of hydrogen-bond acceptors (Lipinski definition) is 4. The number of anilines is 1. The first-order chi connectivity index (χ1) is 12.2. The Labute approximate surface area is 156 Å². The quantitative estimate of drug-likeness (QED) is 0.484. The monoisotopic (exact) mass is 364 g/mol. The van der Waals surface area contributed by atoms with Crippen LogP contribution < -0.4 is 21.1 Å². The highest BCUT2D eigenvalue weighted by Crippen LogP contribution is 2.22. The van der Waals surface area contributed by atoms with Crippen molar-refractivity contribution in [2.75, 3.05) is 19.0 Å². The van der Waals surface area contributed by atoms with E-state index >= 15 is 0 Å². The van der Waals surface area contributed by atoms with Gasteiger partial charge in [-0.25, -0.2) is 9.79 Å². The molecule has 1 aromatic carbocycles. The molecule has 0 spiro atoms. The molecule has 0 heterocycles. The van der Waals surface area contributed by atoms with Gasteiger partial charge < -0.3 is 25.8 Å². The van der Waals surface area contributed by atoms with Crippen molar-refractivity contribution >= 4 is 17.7 Å². The average molecular weight is 364 g/mol. The maximum Gasteiger partial charge on any atom is 0.407 e. The van der Waals surface area contributed by atoms with Gasteiger partial charge >= 0.3 is 6.09 Å². The van der Waals surface area contributed by atoms with Gasteiger partial charge in [-0.05, 0) is 39.3 Å². The second-order valence-electron chi connectivity index (χ2n) is 7.02. The normalized spacial score (nSPS) is 13.0. The molecule has 0 aromatic heterocycles. The number of alkyl carbamates (subject to hydrolysis) is 1. The number of nitrogens with one attached hydrogen (secondary N) is 2. The van der Waals surface area contributed by atoms with Crippen LogP contribution in [0.1, 0.15) is 47.0 Å². The van der Waals surface area contributed by atoms with Crippen molar-refractivity contribution in [3.63, 3.8) is 0 Å². The third kappa shape index (κ3) is 8.60. The lowest BCUT2D eigenvalue weighted by molar-refractivity contribution is 0.0524. The lowest BCUT2D eigenvalue weighted by Gasteiger charge is -2.21. The van der Waals surface area contributed by atoms with E-state index in [0.717, 1.165) is 24.9 Å². The Morgan fingerprint density at radius 3 is 2.62 bits per heavy atom. The van der Waals surface area contributed by atoms with Crippen LogP contribution in [0.5, 0.6) is 5.75 Å². The molecular formula is C19H32N4O3. The number of para-hydroxylation sites is 2. The minimum atomic E-state index is -0.531. The second kappa shape index (κ2) is 10.5. The summed E-state index contributed by atoms with van der Waals surface area (Å²) in [4.78, 5) is 16.4. The van der Waals surface area contributed by atoms with Crippen LogP contribution in [0.15, 0.2) is 29.3 Å². The predicted octanol–water partition coefficient (Wildman–Crippen LogP) is 3.51. The minimum absolute atomic E-state index is 0.135. The SMILES string of the molecule is CCCCC(CNC(=O)OC(C)(C)C)N=C(N)Nc1ccccc1OC. The number of nitrogens with zero attached hydrogens (tertiary/aromatic N) is 1. The van der Waals surface area contributed by atoms with Gasteiger partial charge in [0.15, 0.2) is 5.96 Å². The Bertz CT molecular complexity index is 597. The first kappa shape index (κ1) is 21.6. The van der Waals surface area contributed by atoms with Crippen molar-refractivity contribution in [1.29, 1.82) is 0 Å². The fourth-order valence-electron chi connectivity index (χ4n) is 2.28. The number of carbonyl (C=O) groups excluding carboxylic acids is 1. The van der Waals surface area contributed by atoms with E-state index in [2.05, 4.69) is 22.5 Å². The molecule has 7 nitrogen and oxygen atoms in total. The van der Waals surface area contributed by atoms with Crippen LogP contribution in [0.2, 0.25) is 0 Å². The van der Waals surface area contributed by atoms with Gasteiger partial charge in [0.25, 0.3) is 0 Å². The van der Waals surface area contributed by atoms with Crippen LogP contribution in [-0.4, -0.2) is 37.4 Å². The van der Waals surface area contributed by atoms with Gasteiger partial charge in [0.2, 0.25) is 0 Å². The largest absolute Gasteiger partial charge is 0.495 e. The average Bonchev–Trinajstić information content (AvgIpc) is 2.56. The molecule has 0 radical (unpaired) electrons. The van der Waals surface area contributed by atoms with Gasteiger partial charge in [-0.15, -0.1) is 0 Å². The molecule has 146 valence electrons. The molecule has 26 heavy (non-hydrogen) atoms. The van der Waals surface area contributed by atoms with Gasteiger partial charge in [-0.1, -0.05) is 31.9 Å². The van der Waals surface area contributed by atoms with E-state index < -0.39 is 11.7 Å². The summed E-state index contributed by atoms with van der Waals surface area (Å²) >= 11 is 0. The summed E-state index contributed by atoms with van der Waals surface area (Å²) < 4.78 is 10.6. The number of ether oxygens (including phenoxy) is 2. The molecule has 1 aromatic rings. The summed E-state index contributed by atoms with van der Waals surface area (Å²) in [5.74, 6) is 0.962. The molecule has 0 bridgehead atoms. The van der Waals surface area contributed by atoms with E-state index in [1.165, 1.54) is 0 Å². The van der Waals surface area contributed by atoms with Crippen LogP contribution in [0, 0.1) is 0 Å².